The van der Waals surface area contributed by atoms with E-state index in [-0.39, 0.29) is 17.8 Å². The second-order valence-electron chi connectivity index (χ2n) is 7.74. The lowest BCUT2D eigenvalue weighted by atomic mass is 9.86. The maximum Gasteiger partial charge on any atom is 0.341 e. The number of ether oxygens (including phenoxy) is 3. The van der Waals surface area contributed by atoms with Gasteiger partial charge >= 0.3 is 5.97 Å². The van der Waals surface area contributed by atoms with E-state index in [0.29, 0.717) is 35.3 Å². The molecule has 1 aromatic heterocycles. The van der Waals surface area contributed by atoms with E-state index < -0.39 is 0 Å². The number of fused-ring (bicyclic) bond motifs is 1. The van der Waals surface area contributed by atoms with Gasteiger partial charge in [-0.3, -0.25) is 4.79 Å². The van der Waals surface area contributed by atoms with Crippen molar-refractivity contribution in [3.8, 4) is 11.5 Å². The number of hydrogen-bond acceptors (Lipinski definition) is 6. The standard InChI is InChI=1S/C25H31NO5S/c1-5-14-31-18-12-10-17(15-19(18)29-4)11-13-21(27)26-24-23(25(28)30-6-2)22-16(3)8-7-9-20(22)32-24/h10-13,15-16H,5-9,14H2,1-4H3,(H,26,27). The number of hydrogen-bond donors (Lipinski definition) is 1. The predicted molar refractivity (Wildman–Crippen MR) is 128 cm³/mol. The van der Waals surface area contributed by atoms with Crippen molar-refractivity contribution in [2.24, 2.45) is 0 Å². The Morgan fingerprint density at radius 3 is 2.78 bits per heavy atom. The number of thiophene rings is 1. The molecule has 1 atom stereocenters. The van der Waals surface area contributed by atoms with Crippen LogP contribution in [0, 0.1) is 0 Å². The van der Waals surface area contributed by atoms with Crippen LogP contribution in [-0.2, 0) is 16.0 Å². The highest BCUT2D eigenvalue weighted by Gasteiger charge is 2.30. The number of anilines is 1. The van der Waals surface area contributed by atoms with E-state index in [1.165, 1.54) is 22.3 Å². The van der Waals surface area contributed by atoms with Crippen LogP contribution >= 0.6 is 11.3 Å². The van der Waals surface area contributed by atoms with Gasteiger partial charge in [-0.05, 0) is 67.9 Å². The number of benzene rings is 1. The van der Waals surface area contributed by atoms with Crippen molar-refractivity contribution in [3.05, 3.63) is 45.8 Å². The second kappa shape index (κ2) is 11.2. The molecule has 0 spiro atoms. The fourth-order valence-electron chi connectivity index (χ4n) is 3.85. The van der Waals surface area contributed by atoms with Gasteiger partial charge in [0, 0.05) is 11.0 Å². The van der Waals surface area contributed by atoms with E-state index in [0.717, 1.165) is 36.8 Å². The molecular formula is C25H31NO5S. The lowest BCUT2D eigenvalue weighted by Gasteiger charge is -2.19. The highest BCUT2D eigenvalue weighted by atomic mass is 32.1. The third kappa shape index (κ3) is 5.51. The number of carbonyl (C=O) groups excluding carboxylic acids is 2. The van der Waals surface area contributed by atoms with Crippen molar-refractivity contribution in [2.75, 3.05) is 25.6 Å². The highest BCUT2D eigenvalue weighted by Crippen LogP contribution is 2.43. The first kappa shape index (κ1) is 23.9. The average Bonchev–Trinajstić information content (AvgIpc) is 3.15. The summed E-state index contributed by atoms with van der Waals surface area (Å²) in [4.78, 5) is 26.5. The summed E-state index contributed by atoms with van der Waals surface area (Å²) in [6.45, 7) is 6.86. The Labute approximate surface area is 193 Å². The van der Waals surface area contributed by atoms with E-state index in [2.05, 4.69) is 12.2 Å². The molecule has 1 heterocycles. The topological polar surface area (TPSA) is 73.9 Å². The van der Waals surface area contributed by atoms with Crippen LogP contribution in [0.25, 0.3) is 6.08 Å². The van der Waals surface area contributed by atoms with Gasteiger partial charge in [0.1, 0.15) is 5.00 Å². The number of carbonyl (C=O) groups is 2. The number of rotatable bonds is 9. The maximum absolute atomic E-state index is 12.7. The molecule has 2 aromatic rings. The van der Waals surface area contributed by atoms with Crippen LogP contribution in [0.2, 0.25) is 0 Å². The van der Waals surface area contributed by atoms with Crippen LogP contribution < -0.4 is 14.8 Å². The third-order valence-electron chi connectivity index (χ3n) is 5.35. The van der Waals surface area contributed by atoms with E-state index in [9.17, 15) is 9.59 Å². The molecule has 3 rings (SSSR count). The molecule has 6 nitrogen and oxygen atoms in total. The van der Waals surface area contributed by atoms with E-state index in [1.807, 2.05) is 25.1 Å². The van der Waals surface area contributed by atoms with Gasteiger partial charge in [0.15, 0.2) is 11.5 Å². The molecule has 1 N–H and O–H groups in total. The van der Waals surface area contributed by atoms with Crippen molar-refractivity contribution in [3.63, 3.8) is 0 Å². The molecule has 1 aliphatic rings. The molecule has 0 saturated heterocycles. The predicted octanol–water partition coefficient (Wildman–Crippen LogP) is 5.81. The zero-order valence-corrected chi connectivity index (χ0v) is 20.0. The van der Waals surface area contributed by atoms with Crippen molar-refractivity contribution in [1.29, 1.82) is 0 Å². The summed E-state index contributed by atoms with van der Waals surface area (Å²) in [6.07, 6.45) is 7.12. The first-order valence-electron chi connectivity index (χ1n) is 11.1. The number of nitrogens with one attached hydrogen (secondary N) is 1. The first-order valence-corrected chi connectivity index (χ1v) is 11.9. The van der Waals surface area contributed by atoms with Gasteiger partial charge < -0.3 is 19.5 Å². The van der Waals surface area contributed by atoms with Crippen molar-refractivity contribution >= 4 is 34.3 Å². The Kier molecular flexibility index (Phi) is 8.33. The molecule has 0 aliphatic heterocycles. The number of amides is 1. The molecular weight excluding hydrogens is 426 g/mol. The van der Waals surface area contributed by atoms with Crippen LogP contribution in [0.4, 0.5) is 5.00 Å². The molecule has 0 saturated carbocycles. The largest absolute Gasteiger partial charge is 0.493 e. The van der Waals surface area contributed by atoms with Gasteiger partial charge in [-0.25, -0.2) is 4.79 Å². The molecule has 32 heavy (non-hydrogen) atoms. The lowest BCUT2D eigenvalue weighted by Crippen LogP contribution is -2.15. The van der Waals surface area contributed by atoms with E-state index >= 15 is 0 Å². The van der Waals surface area contributed by atoms with E-state index in [4.69, 9.17) is 14.2 Å². The van der Waals surface area contributed by atoms with Crippen LogP contribution in [0.15, 0.2) is 24.3 Å². The number of esters is 1. The quantitative estimate of drug-likeness (QED) is 0.380. The van der Waals surface area contributed by atoms with Crippen LogP contribution in [-0.4, -0.2) is 32.2 Å². The van der Waals surface area contributed by atoms with Crippen LogP contribution in [0.1, 0.15) is 72.3 Å². The maximum atomic E-state index is 12.7. The van der Waals surface area contributed by atoms with Crippen molar-refractivity contribution in [2.45, 2.75) is 52.4 Å². The highest BCUT2D eigenvalue weighted by molar-refractivity contribution is 7.17. The fourth-order valence-corrected chi connectivity index (χ4v) is 5.20. The molecule has 7 heteroatoms. The van der Waals surface area contributed by atoms with Crippen molar-refractivity contribution < 1.29 is 23.8 Å². The Morgan fingerprint density at radius 2 is 2.06 bits per heavy atom. The Morgan fingerprint density at radius 1 is 1.25 bits per heavy atom. The average molecular weight is 458 g/mol. The Balaban J connectivity index is 1.79. The summed E-state index contributed by atoms with van der Waals surface area (Å²) >= 11 is 1.48. The summed E-state index contributed by atoms with van der Waals surface area (Å²) in [5.74, 6) is 0.896. The Hall–Kier alpha value is -2.80. The normalized spacial score (nSPS) is 15.3. The summed E-state index contributed by atoms with van der Waals surface area (Å²) in [5, 5.41) is 3.47. The minimum absolute atomic E-state index is 0.275. The van der Waals surface area contributed by atoms with Crippen LogP contribution in [0.5, 0.6) is 11.5 Å². The molecule has 0 fully saturated rings. The van der Waals surface area contributed by atoms with Gasteiger partial charge in [-0.1, -0.05) is 19.9 Å². The Bertz CT molecular complexity index is 994. The second-order valence-corrected chi connectivity index (χ2v) is 8.84. The molecule has 1 amide bonds. The SMILES string of the molecule is CCCOc1ccc(C=CC(=O)Nc2sc3c(c2C(=O)OCC)C(C)CCC3)cc1OC. The summed E-state index contributed by atoms with van der Waals surface area (Å²) in [6, 6.07) is 5.52. The summed E-state index contributed by atoms with van der Waals surface area (Å²) < 4.78 is 16.4. The number of methoxy groups -OCH3 is 1. The molecule has 0 radical (unpaired) electrons. The van der Waals surface area contributed by atoms with Gasteiger partial charge in [-0.2, -0.15) is 0 Å². The minimum Gasteiger partial charge on any atom is -0.493 e. The zero-order chi connectivity index (χ0) is 23.1. The zero-order valence-electron chi connectivity index (χ0n) is 19.2. The molecule has 0 bridgehead atoms. The lowest BCUT2D eigenvalue weighted by molar-refractivity contribution is -0.111. The van der Waals surface area contributed by atoms with Gasteiger partial charge in [0.25, 0.3) is 0 Å². The molecule has 1 unspecified atom stereocenters. The van der Waals surface area contributed by atoms with Crippen LogP contribution in [0.3, 0.4) is 0 Å². The van der Waals surface area contributed by atoms with Gasteiger partial charge in [0.05, 0.1) is 25.9 Å². The minimum atomic E-state index is -0.370. The monoisotopic (exact) mass is 457 g/mol. The first-order chi connectivity index (χ1) is 15.5. The third-order valence-corrected chi connectivity index (χ3v) is 6.53. The summed E-state index contributed by atoms with van der Waals surface area (Å²) in [5.41, 5.74) is 2.36. The number of aryl methyl sites for hydroxylation is 1. The molecule has 1 aromatic carbocycles. The molecule has 1 aliphatic carbocycles. The smallest absolute Gasteiger partial charge is 0.341 e. The molecule has 172 valence electrons. The fraction of sp³-hybridized carbons (Fsp3) is 0.440. The van der Waals surface area contributed by atoms with Crippen molar-refractivity contribution in [1.82, 2.24) is 0 Å². The van der Waals surface area contributed by atoms with Gasteiger partial charge in [-0.15, -0.1) is 11.3 Å². The van der Waals surface area contributed by atoms with Gasteiger partial charge in [0.2, 0.25) is 5.91 Å². The van der Waals surface area contributed by atoms with E-state index in [1.54, 1.807) is 20.1 Å². The summed E-state index contributed by atoms with van der Waals surface area (Å²) in [7, 11) is 1.59.